The largest absolute Gasteiger partial charge is 0.324 e. The molecule has 30 heavy (non-hydrogen) atoms. The van der Waals surface area contributed by atoms with Gasteiger partial charge in [-0.3, -0.25) is 9.89 Å². The van der Waals surface area contributed by atoms with Gasteiger partial charge in [0, 0.05) is 13.1 Å². The Hall–Kier alpha value is -1.92. The number of benzene rings is 1. The second kappa shape index (κ2) is 9.06. The topological polar surface area (TPSA) is 108 Å². The van der Waals surface area contributed by atoms with E-state index < -0.39 is 10.0 Å². The van der Waals surface area contributed by atoms with Gasteiger partial charge in [-0.2, -0.15) is 4.31 Å². The van der Waals surface area contributed by atoms with E-state index in [2.05, 4.69) is 20.5 Å². The highest BCUT2D eigenvalue weighted by atomic mass is 35.5. The fraction of sp³-hybridized carbons (Fsp3) is 0.278. The summed E-state index contributed by atoms with van der Waals surface area (Å²) in [6, 6.07) is 8.19. The maximum Gasteiger partial charge on any atom is 0.243 e. The molecule has 2 aromatic heterocycles. The molecule has 0 spiro atoms. The number of thioether (sulfide) groups is 1. The normalized spacial score (nSPS) is 14.8. The first-order valence-corrected chi connectivity index (χ1v) is 12.8. The minimum Gasteiger partial charge on any atom is -0.324 e. The summed E-state index contributed by atoms with van der Waals surface area (Å²) in [5.41, 5.74) is 0.261. The molecule has 1 aliphatic rings. The number of anilines is 1. The average Bonchev–Trinajstić information content (AvgIpc) is 3.49. The van der Waals surface area contributed by atoms with E-state index >= 15 is 0 Å². The van der Waals surface area contributed by atoms with Crippen LogP contribution in [0.3, 0.4) is 0 Å². The van der Waals surface area contributed by atoms with Gasteiger partial charge in [0.15, 0.2) is 5.82 Å². The summed E-state index contributed by atoms with van der Waals surface area (Å²) < 4.78 is 26.9. The predicted octanol–water partition coefficient (Wildman–Crippen LogP) is 3.70. The van der Waals surface area contributed by atoms with Gasteiger partial charge in [-0.1, -0.05) is 29.4 Å². The first kappa shape index (κ1) is 21.3. The van der Waals surface area contributed by atoms with Crippen LogP contribution in [-0.2, 0) is 14.8 Å². The molecule has 4 rings (SSSR count). The molecule has 1 saturated heterocycles. The molecule has 2 N–H and O–H groups in total. The number of carbonyl (C=O) groups is 1. The van der Waals surface area contributed by atoms with Crippen molar-refractivity contribution >= 4 is 56.3 Å². The van der Waals surface area contributed by atoms with Gasteiger partial charge >= 0.3 is 0 Å². The van der Waals surface area contributed by atoms with Gasteiger partial charge in [-0.15, -0.1) is 16.4 Å². The molecule has 0 bridgehead atoms. The highest BCUT2D eigenvalue weighted by molar-refractivity contribution is 7.99. The Balaban J connectivity index is 1.40. The Bertz CT molecular complexity index is 1140. The standard InChI is InChI=1S/C18H18ClN5O3S3/c19-13-6-5-12(30(26,27)24-7-1-2-8-24)10-14(13)20-16(25)11-29-18-21-17(22-23-18)15-4-3-9-28-15/h3-6,9-10H,1-2,7-8,11H2,(H,20,25)(H,21,22,23). The van der Waals surface area contributed by atoms with Crippen LogP contribution in [0.15, 0.2) is 45.8 Å². The number of hydrogen-bond donors (Lipinski definition) is 2. The van der Waals surface area contributed by atoms with E-state index in [1.165, 1.54) is 45.6 Å². The number of amides is 1. The van der Waals surface area contributed by atoms with Gasteiger partial charge in [-0.25, -0.2) is 13.4 Å². The Labute approximate surface area is 187 Å². The number of sulfonamides is 1. The summed E-state index contributed by atoms with van der Waals surface area (Å²) in [7, 11) is -3.59. The molecule has 3 heterocycles. The fourth-order valence-electron chi connectivity index (χ4n) is 2.99. The van der Waals surface area contributed by atoms with Crippen molar-refractivity contribution in [3.8, 4) is 10.7 Å². The van der Waals surface area contributed by atoms with Crippen LogP contribution in [0.2, 0.25) is 5.02 Å². The van der Waals surface area contributed by atoms with Crippen molar-refractivity contribution in [3.05, 3.63) is 40.7 Å². The molecule has 158 valence electrons. The first-order chi connectivity index (χ1) is 14.4. The maximum atomic E-state index is 12.7. The number of aromatic amines is 1. The summed E-state index contributed by atoms with van der Waals surface area (Å²) in [4.78, 5) is 17.8. The molecule has 8 nitrogen and oxygen atoms in total. The highest BCUT2D eigenvalue weighted by Gasteiger charge is 2.27. The molecule has 0 aliphatic carbocycles. The number of nitrogens with zero attached hydrogens (tertiary/aromatic N) is 3. The quantitative estimate of drug-likeness (QED) is 0.496. The van der Waals surface area contributed by atoms with Gasteiger partial charge in [0.25, 0.3) is 0 Å². The van der Waals surface area contributed by atoms with Crippen molar-refractivity contribution in [1.29, 1.82) is 0 Å². The lowest BCUT2D eigenvalue weighted by molar-refractivity contribution is -0.113. The van der Waals surface area contributed by atoms with E-state index in [0.717, 1.165) is 17.7 Å². The van der Waals surface area contributed by atoms with Crippen LogP contribution < -0.4 is 5.32 Å². The van der Waals surface area contributed by atoms with Gasteiger partial charge < -0.3 is 5.32 Å². The number of halogens is 1. The molecule has 0 saturated carbocycles. The zero-order valence-electron chi connectivity index (χ0n) is 15.7. The van der Waals surface area contributed by atoms with E-state index in [4.69, 9.17) is 11.6 Å². The number of thiophene rings is 1. The van der Waals surface area contributed by atoms with Crippen LogP contribution in [0, 0.1) is 0 Å². The second-order valence-corrected chi connectivity index (χ2v) is 10.8. The highest BCUT2D eigenvalue weighted by Crippen LogP contribution is 2.29. The van der Waals surface area contributed by atoms with Crippen molar-refractivity contribution in [2.75, 3.05) is 24.2 Å². The zero-order valence-corrected chi connectivity index (χ0v) is 18.9. The molecule has 1 aromatic carbocycles. The molecule has 3 aromatic rings. The summed E-state index contributed by atoms with van der Waals surface area (Å²) in [6.45, 7) is 1.01. The van der Waals surface area contributed by atoms with Crippen molar-refractivity contribution in [2.45, 2.75) is 22.9 Å². The number of nitrogens with one attached hydrogen (secondary N) is 2. The van der Waals surface area contributed by atoms with Gasteiger partial charge in [0.2, 0.25) is 21.1 Å². The Morgan fingerprint density at radius 3 is 2.83 bits per heavy atom. The summed E-state index contributed by atoms with van der Waals surface area (Å²) >= 11 is 8.88. The van der Waals surface area contributed by atoms with Crippen molar-refractivity contribution < 1.29 is 13.2 Å². The van der Waals surface area contributed by atoms with Crippen molar-refractivity contribution in [3.63, 3.8) is 0 Å². The predicted molar refractivity (Wildman–Crippen MR) is 118 cm³/mol. The molecule has 1 amide bonds. The molecule has 1 aliphatic heterocycles. The number of carbonyl (C=O) groups excluding carboxylic acids is 1. The third-order valence-electron chi connectivity index (χ3n) is 4.47. The average molecular weight is 484 g/mol. The van der Waals surface area contributed by atoms with Crippen LogP contribution in [0.4, 0.5) is 5.69 Å². The number of H-pyrrole nitrogens is 1. The van der Waals surface area contributed by atoms with Crippen LogP contribution >= 0.6 is 34.7 Å². The summed E-state index contributed by atoms with van der Waals surface area (Å²) in [5.74, 6) is 0.372. The maximum absolute atomic E-state index is 12.7. The Kier molecular flexibility index (Phi) is 6.44. The minimum atomic E-state index is -3.59. The molecular weight excluding hydrogens is 466 g/mol. The van der Waals surface area contributed by atoms with E-state index in [-0.39, 0.29) is 27.3 Å². The van der Waals surface area contributed by atoms with E-state index in [9.17, 15) is 13.2 Å². The SMILES string of the molecule is O=C(CSc1n[nH]c(-c2cccs2)n1)Nc1cc(S(=O)(=O)N2CCCC2)ccc1Cl. The van der Waals surface area contributed by atoms with Crippen molar-refractivity contribution in [2.24, 2.45) is 0 Å². The lowest BCUT2D eigenvalue weighted by Crippen LogP contribution is -2.28. The summed E-state index contributed by atoms with van der Waals surface area (Å²) in [5, 5.41) is 12.3. The Morgan fingerprint density at radius 1 is 1.30 bits per heavy atom. The van der Waals surface area contributed by atoms with E-state index in [0.29, 0.717) is 24.1 Å². The molecule has 0 radical (unpaired) electrons. The zero-order chi connectivity index (χ0) is 21.1. The molecular formula is C18H18ClN5O3S3. The van der Waals surface area contributed by atoms with Crippen molar-refractivity contribution in [1.82, 2.24) is 19.5 Å². The molecule has 1 fully saturated rings. The number of hydrogen-bond acceptors (Lipinski definition) is 7. The minimum absolute atomic E-state index is 0.0567. The Morgan fingerprint density at radius 2 is 2.10 bits per heavy atom. The van der Waals surface area contributed by atoms with Gasteiger partial charge in [-0.05, 0) is 42.5 Å². The number of aromatic nitrogens is 3. The van der Waals surface area contributed by atoms with Crippen LogP contribution in [0.5, 0.6) is 0 Å². The smallest absolute Gasteiger partial charge is 0.243 e. The van der Waals surface area contributed by atoms with Crippen LogP contribution in [-0.4, -0.2) is 52.7 Å². The molecule has 12 heteroatoms. The lowest BCUT2D eigenvalue weighted by Gasteiger charge is -2.16. The third kappa shape index (κ3) is 4.70. The first-order valence-electron chi connectivity index (χ1n) is 9.12. The summed E-state index contributed by atoms with van der Waals surface area (Å²) in [6.07, 6.45) is 1.70. The van der Waals surface area contributed by atoms with Crippen LogP contribution in [0.1, 0.15) is 12.8 Å². The van der Waals surface area contributed by atoms with E-state index in [1.54, 1.807) is 0 Å². The second-order valence-electron chi connectivity index (χ2n) is 6.53. The van der Waals surface area contributed by atoms with Gasteiger partial charge in [0.1, 0.15) is 0 Å². The molecule has 0 unspecified atom stereocenters. The number of rotatable bonds is 7. The van der Waals surface area contributed by atoms with E-state index in [1.807, 2.05) is 17.5 Å². The lowest BCUT2D eigenvalue weighted by atomic mass is 10.3. The third-order valence-corrected chi connectivity index (χ3v) is 8.41. The van der Waals surface area contributed by atoms with Crippen LogP contribution in [0.25, 0.3) is 10.7 Å². The fourth-order valence-corrected chi connectivity index (χ4v) is 5.96. The molecule has 0 atom stereocenters. The van der Waals surface area contributed by atoms with Gasteiger partial charge in [0.05, 0.1) is 26.2 Å². The monoisotopic (exact) mass is 483 g/mol.